The predicted octanol–water partition coefficient (Wildman–Crippen LogP) is 2.87. The zero-order chi connectivity index (χ0) is 18.8. The number of nitrogens with zero attached hydrogens (tertiary/aromatic N) is 1. The molecule has 0 aliphatic rings. The molecule has 0 bridgehead atoms. The molecule has 2 aromatic rings. The van der Waals surface area contributed by atoms with Crippen molar-refractivity contribution in [3.63, 3.8) is 0 Å². The van der Waals surface area contributed by atoms with Crippen LogP contribution in [0, 0.1) is 0 Å². The zero-order valence-electron chi connectivity index (χ0n) is 13.4. The number of rotatable bonds is 6. The van der Waals surface area contributed by atoms with Gasteiger partial charge in [-0.2, -0.15) is 0 Å². The van der Waals surface area contributed by atoms with Crippen LogP contribution in [-0.4, -0.2) is 30.1 Å². The molecule has 1 N–H and O–H groups in total. The van der Waals surface area contributed by atoms with E-state index in [1.165, 1.54) is 19.2 Å². The van der Waals surface area contributed by atoms with Gasteiger partial charge in [-0.15, -0.1) is 0 Å². The van der Waals surface area contributed by atoms with Crippen LogP contribution in [0.4, 0.5) is 5.69 Å². The van der Waals surface area contributed by atoms with Gasteiger partial charge >= 0.3 is 0 Å². The van der Waals surface area contributed by atoms with E-state index in [2.05, 4.69) is 4.72 Å². The average Bonchev–Trinajstić information content (AvgIpc) is 2.51. The van der Waals surface area contributed by atoms with Crippen LogP contribution in [0.15, 0.2) is 47.4 Å². The first-order chi connectivity index (χ1) is 11.5. The highest BCUT2D eigenvalue weighted by Gasteiger charge is 2.21. The topological polar surface area (TPSA) is 83.6 Å². The second-order valence-corrected chi connectivity index (χ2v) is 9.80. The Balaban J connectivity index is 2.16. The lowest BCUT2D eigenvalue weighted by Crippen LogP contribution is -2.25. The molecule has 0 fully saturated rings. The van der Waals surface area contributed by atoms with E-state index in [1.54, 1.807) is 30.3 Å². The molecule has 136 valence electrons. The summed E-state index contributed by atoms with van der Waals surface area (Å²) in [6.07, 6.45) is 1.10. The highest BCUT2D eigenvalue weighted by molar-refractivity contribution is 7.92. The van der Waals surface area contributed by atoms with Crippen molar-refractivity contribution in [1.29, 1.82) is 0 Å². The Labute approximate surface area is 157 Å². The van der Waals surface area contributed by atoms with E-state index in [0.717, 1.165) is 10.6 Å². The molecule has 2 aromatic carbocycles. The maximum atomic E-state index is 12.4. The minimum absolute atomic E-state index is 0.00670. The summed E-state index contributed by atoms with van der Waals surface area (Å²) < 4.78 is 51.3. The van der Waals surface area contributed by atoms with E-state index in [9.17, 15) is 16.8 Å². The maximum Gasteiger partial charge on any atom is 0.243 e. The third-order valence-corrected chi connectivity index (χ3v) is 7.01. The van der Waals surface area contributed by atoms with Gasteiger partial charge in [0.1, 0.15) is 4.90 Å². The Morgan fingerprint density at radius 2 is 1.48 bits per heavy atom. The Kier molecular flexibility index (Phi) is 6.01. The van der Waals surface area contributed by atoms with Gasteiger partial charge in [0.05, 0.1) is 22.0 Å². The van der Waals surface area contributed by atoms with E-state index in [1.807, 2.05) is 0 Å². The summed E-state index contributed by atoms with van der Waals surface area (Å²) in [4.78, 5) is -0.174. The molecule has 0 saturated heterocycles. The molecular weight excluding hydrogens is 407 g/mol. The second-order valence-electron chi connectivity index (χ2n) is 5.27. The fraction of sp³-hybridized carbons (Fsp3) is 0.200. The van der Waals surface area contributed by atoms with Gasteiger partial charge < -0.3 is 0 Å². The number of hydrogen-bond donors (Lipinski definition) is 1. The van der Waals surface area contributed by atoms with E-state index in [-0.39, 0.29) is 21.5 Å². The summed E-state index contributed by atoms with van der Waals surface area (Å²) in [6, 6.07) is 10.9. The first-order valence-corrected chi connectivity index (χ1v) is 11.1. The van der Waals surface area contributed by atoms with Gasteiger partial charge in [-0.05, 0) is 29.8 Å². The zero-order valence-corrected chi connectivity index (χ0v) is 16.5. The standard InChI is InChI=1S/C15H16Cl2N2O4S2/c1-19(24(2,20)21)12-8-6-11(7-9-12)10-18-25(22,23)15-13(16)4-3-5-14(15)17/h3-9,18H,10H2,1-2H3. The summed E-state index contributed by atoms with van der Waals surface area (Å²) in [6.45, 7) is 0.00670. The maximum absolute atomic E-state index is 12.4. The van der Waals surface area contributed by atoms with E-state index in [4.69, 9.17) is 23.2 Å². The summed E-state index contributed by atoms with van der Waals surface area (Å²) in [5, 5.41) is 0.0650. The second kappa shape index (κ2) is 7.51. The fourth-order valence-corrected chi connectivity index (χ4v) is 4.67. The quantitative estimate of drug-likeness (QED) is 0.775. The molecule has 0 aromatic heterocycles. The van der Waals surface area contributed by atoms with E-state index in [0.29, 0.717) is 11.3 Å². The van der Waals surface area contributed by atoms with E-state index >= 15 is 0 Å². The molecule has 0 unspecified atom stereocenters. The molecule has 0 heterocycles. The number of benzene rings is 2. The lowest BCUT2D eigenvalue weighted by molar-refractivity contribution is 0.581. The number of anilines is 1. The van der Waals surface area contributed by atoms with Crippen molar-refractivity contribution in [3.05, 3.63) is 58.1 Å². The third-order valence-electron chi connectivity index (χ3n) is 3.45. The third kappa shape index (κ3) is 4.86. The van der Waals surface area contributed by atoms with Gasteiger partial charge in [0.15, 0.2) is 0 Å². The van der Waals surface area contributed by atoms with Gasteiger partial charge in [0.25, 0.3) is 0 Å². The van der Waals surface area contributed by atoms with Gasteiger partial charge in [-0.3, -0.25) is 4.31 Å². The molecule has 0 atom stereocenters. The van der Waals surface area contributed by atoms with Crippen molar-refractivity contribution in [1.82, 2.24) is 4.72 Å². The van der Waals surface area contributed by atoms with Crippen molar-refractivity contribution >= 4 is 48.9 Å². The van der Waals surface area contributed by atoms with Crippen LogP contribution in [0.1, 0.15) is 5.56 Å². The number of halogens is 2. The van der Waals surface area contributed by atoms with Crippen LogP contribution in [0.25, 0.3) is 0 Å². The predicted molar refractivity (Wildman–Crippen MR) is 100 cm³/mol. The largest absolute Gasteiger partial charge is 0.274 e. The van der Waals surface area contributed by atoms with Gasteiger partial charge in [0.2, 0.25) is 20.0 Å². The number of hydrogen-bond acceptors (Lipinski definition) is 4. The van der Waals surface area contributed by atoms with Crippen LogP contribution in [0.3, 0.4) is 0 Å². The average molecular weight is 423 g/mol. The Morgan fingerprint density at radius 1 is 0.960 bits per heavy atom. The molecule has 0 amide bonds. The Morgan fingerprint density at radius 3 is 1.96 bits per heavy atom. The first kappa shape index (κ1) is 20.0. The van der Waals surface area contributed by atoms with Crippen LogP contribution >= 0.6 is 23.2 Å². The summed E-state index contributed by atoms with van der Waals surface area (Å²) in [5.41, 5.74) is 1.13. The minimum atomic E-state index is -3.89. The molecule has 0 radical (unpaired) electrons. The van der Waals surface area contributed by atoms with Crippen LogP contribution in [0.5, 0.6) is 0 Å². The molecule has 25 heavy (non-hydrogen) atoms. The van der Waals surface area contributed by atoms with Crippen LogP contribution in [0.2, 0.25) is 10.0 Å². The lowest BCUT2D eigenvalue weighted by atomic mass is 10.2. The summed E-state index contributed by atoms with van der Waals surface area (Å²) >= 11 is 11.9. The van der Waals surface area contributed by atoms with Crippen molar-refractivity contribution in [3.8, 4) is 0 Å². The van der Waals surface area contributed by atoms with Crippen molar-refractivity contribution in [2.24, 2.45) is 0 Å². The first-order valence-electron chi connectivity index (χ1n) is 6.99. The lowest BCUT2D eigenvalue weighted by Gasteiger charge is -2.17. The summed E-state index contributed by atoms with van der Waals surface area (Å²) in [5.74, 6) is 0. The smallest absolute Gasteiger partial charge is 0.243 e. The van der Waals surface area contributed by atoms with Crippen LogP contribution < -0.4 is 9.03 Å². The molecule has 6 nitrogen and oxygen atoms in total. The minimum Gasteiger partial charge on any atom is -0.274 e. The van der Waals surface area contributed by atoms with Gasteiger partial charge in [-0.1, -0.05) is 41.4 Å². The Hall–Kier alpha value is -1.32. The highest BCUT2D eigenvalue weighted by Crippen LogP contribution is 2.28. The molecule has 0 saturated carbocycles. The molecule has 0 aliphatic carbocycles. The van der Waals surface area contributed by atoms with Crippen molar-refractivity contribution in [2.45, 2.75) is 11.4 Å². The van der Waals surface area contributed by atoms with Crippen molar-refractivity contribution < 1.29 is 16.8 Å². The van der Waals surface area contributed by atoms with E-state index < -0.39 is 20.0 Å². The Bertz CT molecular complexity index is 955. The normalized spacial score (nSPS) is 12.2. The molecule has 0 spiro atoms. The molecule has 0 aliphatic heterocycles. The number of nitrogens with one attached hydrogen (secondary N) is 1. The molecule has 2 rings (SSSR count). The SMILES string of the molecule is CN(c1ccc(CNS(=O)(=O)c2c(Cl)cccc2Cl)cc1)S(C)(=O)=O. The highest BCUT2D eigenvalue weighted by atomic mass is 35.5. The molecule has 10 heteroatoms. The van der Waals surface area contributed by atoms with Crippen molar-refractivity contribution in [2.75, 3.05) is 17.6 Å². The van der Waals surface area contributed by atoms with Gasteiger partial charge in [-0.25, -0.2) is 21.6 Å². The fourth-order valence-electron chi connectivity index (χ4n) is 2.00. The summed E-state index contributed by atoms with van der Waals surface area (Å²) in [7, 11) is -5.81. The van der Waals surface area contributed by atoms with Crippen LogP contribution in [-0.2, 0) is 26.6 Å². The monoisotopic (exact) mass is 422 g/mol. The molecular formula is C15H16Cl2N2O4S2. The number of sulfonamides is 2. The van der Waals surface area contributed by atoms with Gasteiger partial charge in [0, 0.05) is 13.6 Å².